The van der Waals surface area contributed by atoms with Gasteiger partial charge in [-0.25, -0.2) is 0 Å². The van der Waals surface area contributed by atoms with Crippen LogP contribution in [0, 0.1) is 6.92 Å². The van der Waals surface area contributed by atoms with Crippen LogP contribution in [0.2, 0.25) is 0 Å². The highest BCUT2D eigenvalue weighted by Gasteiger charge is 2.24. The average molecular weight is 446 g/mol. The van der Waals surface area contributed by atoms with Crippen LogP contribution in [-0.2, 0) is 0 Å². The first-order valence-electron chi connectivity index (χ1n) is 12.0. The summed E-state index contributed by atoms with van der Waals surface area (Å²) >= 11 is 0. The van der Waals surface area contributed by atoms with Crippen molar-refractivity contribution in [3.8, 4) is 11.4 Å². The van der Waals surface area contributed by atoms with E-state index in [1.165, 1.54) is 25.9 Å². The first-order valence-corrected chi connectivity index (χ1v) is 12.0. The fourth-order valence-corrected chi connectivity index (χ4v) is 4.49. The summed E-state index contributed by atoms with van der Waals surface area (Å²) in [5.74, 6) is 0.630. The molecule has 5 rings (SSSR count). The number of benzene rings is 2. The molecule has 0 spiro atoms. The first kappa shape index (κ1) is 21.7. The lowest BCUT2D eigenvalue weighted by Crippen LogP contribution is -2.26. The van der Waals surface area contributed by atoms with Gasteiger partial charge in [0.05, 0.1) is 17.7 Å². The number of aryl methyl sites for hydroxylation is 1. The van der Waals surface area contributed by atoms with Crippen LogP contribution in [0.25, 0.3) is 16.5 Å². The molecule has 1 saturated heterocycles. The molecule has 1 N–H and O–H groups in total. The van der Waals surface area contributed by atoms with Crippen molar-refractivity contribution in [2.24, 2.45) is 0 Å². The van der Waals surface area contributed by atoms with Crippen LogP contribution in [0.5, 0.6) is 5.75 Å². The molecule has 0 unspecified atom stereocenters. The fourth-order valence-electron chi connectivity index (χ4n) is 4.49. The second kappa shape index (κ2) is 9.40. The van der Waals surface area contributed by atoms with Gasteiger partial charge in [0.25, 0.3) is 11.5 Å². The van der Waals surface area contributed by atoms with E-state index in [1.807, 2.05) is 43.3 Å². The molecule has 0 radical (unpaired) electrons. The summed E-state index contributed by atoms with van der Waals surface area (Å²) in [7, 11) is 0. The van der Waals surface area contributed by atoms with Crippen LogP contribution in [0.1, 0.15) is 48.0 Å². The number of ether oxygens (including phenoxy) is 1. The number of carbonyl (C=O) groups excluding carboxylic acids is 1. The molecule has 1 aromatic heterocycles. The summed E-state index contributed by atoms with van der Waals surface area (Å²) in [5.41, 5.74) is 2.12. The third-order valence-corrected chi connectivity index (χ3v) is 6.61. The van der Waals surface area contributed by atoms with Gasteiger partial charge in [0.1, 0.15) is 5.75 Å². The Kier molecular flexibility index (Phi) is 6.18. The predicted molar refractivity (Wildman–Crippen MR) is 131 cm³/mol. The van der Waals surface area contributed by atoms with E-state index in [1.54, 1.807) is 16.8 Å². The number of nitrogens with one attached hydrogen (secondary N) is 1. The molecule has 3 aromatic rings. The monoisotopic (exact) mass is 445 g/mol. The molecule has 0 bridgehead atoms. The summed E-state index contributed by atoms with van der Waals surface area (Å²) in [4.78, 5) is 28.4. The fraction of sp³-hybridized carbons (Fsp3) is 0.407. The van der Waals surface area contributed by atoms with Crippen LogP contribution in [0.15, 0.2) is 53.5 Å². The zero-order valence-corrected chi connectivity index (χ0v) is 19.2. The Morgan fingerprint density at radius 3 is 2.70 bits per heavy atom. The molecule has 1 amide bonds. The highest BCUT2D eigenvalue weighted by molar-refractivity contribution is 5.95. The molecule has 1 aliphatic heterocycles. The van der Waals surface area contributed by atoms with E-state index in [9.17, 15) is 9.59 Å². The zero-order valence-electron chi connectivity index (χ0n) is 19.2. The molecule has 172 valence electrons. The van der Waals surface area contributed by atoms with Gasteiger partial charge in [-0.1, -0.05) is 12.1 Å². The number of nitrogens with zero attached hydrogens (tertiary/aromatic N) is 2. The standard InChI is InChI=1S/C27H31N3O3/c1-19-5-6-21(26(31)28-22-8-9-22)17-25(19)30-15-11-20-7-10-23(18-24(20)27(30)32)33-16-4-14-29-12-2-3-13-29/h5-7,10-11,15,17-18,22H,2-4,8-9,12-14,16H2,1H3,(H,28,31). The Morgan fingerprint density at radius 1 is 1.09 bits per heavy atom. The van der Waals surface area contributed by atoms with E-state index in [0.717, 1.165) is 42.4 Å². The van der Waals surface area contributed by atoms with E-state index >= 15 is 0 Å². The molecule has 6 heteroatoms. The molecule has 2 fully saturated rings. The Labute approximate surface area is 194 Å². The maximum atomic E-state index is 13.4. The molecule has 2 heterocycles. The van der Waals surface area contributed by atoms with Crippen LogP contribution < -0.4 is 15.6 Å². The van der Waals surface area contributed by atoms with Gasteiger partial charge in [0.2, 0.25) is 0 Å². The van der Waals surface area contributed by atoms with Crippen molar-refractivity contribution in [2.45, 2.75) is 45.1 Å². The summed E-state index contributed by atoms with van der Waals surface area (Å²) in [6.07, 6.45) is 7.43. The number of aromatic nitrogens is 1. The summed E-state index contributed by atoms with van der Waals surface area (Å²) in [6.45, 7) is 6.04. The van der Waals surface area contributed by atoms with Crippen molar-refractivity contribution in [3.63, 3.8) is 0 Å². The average Bonchev–Trinajstić information content (AvgIpc) is 3.48. The van der Waals surface area contributed by atoms with E-state index in [0.29, 0.717) is 29.3 Å². The Balaban J connectivity index is 1.37. The third-order valence-electron chi connectivity index (χ3n) is 6.61. The van der Waals surface area contributed by atoms with Crippen molar-refractivity contribution in [3.05, 3.63) is 70.1 Å². The number of hydrogen-bond acceptors (Lipinski definition) is 4. The van der Waals surface area contributed by atoms with Gasteiger partial charge in [-0.15, -0.1) is 0 Å². The number of pyridine rings is 1. The molecule has 33 heavy (non-hydrogen) atoms. The molecular weight excluding hydrogens is 414 g/mol. The summed E-state index contributed by atoms with van der Waals surface area (Å²) in [5, 5.41) is 4.50. The van der Waals surface area contributed by atoms with Crippen molar-refractivity contribution in [1.82, 2.24) is 14.8 Å². The van der Waals surface area contributed by atoms with Crippen molar-refractivity contribution >= 4 is 16.7 Å². The Morgan fingerprint density at radius 2 is 1.91 bits per heavy atom. The van der Waals surface area contributed by atoms with Crippen molar-refractivity contribution < 1.29 is 9.53 Å². The summed E-state index contributed by atoms with van der Waals surface area (Å²) < 4.78 is 7.59. The maximum Gasteiger partial charge on any atom is 0.263 e. The van der Waals surface area contributed by atoms with E-state index in [-0.39, 0.29) is 11.5 Å². The number of hydrogen-bond donors (Lipinski definition) is 1. The van der Waals surface area contributed by atoms with Crippen molar-refractivity contribution in [2.75, 3.05) is 26.2 Å². The number of amides is 1. The molecule has 2 aliphatic rings. The molecular formula is C27H31N3O3. The predicted octanol–water partition coefficient (Wildman–Crippen LogP) is 4.06. The second-order valence-electron chi connectivity index (χ2n) is 9.24. The van der Waals surface area contributed by atoms with E-state index in [4.69, 9.17) is 4.74 Å². The SMILES string of the molecule is Cc1ccc(C(=O)NC2CC2)cc1-n1ccc2ccc(OCCCN3CCCC3)cc2c1=O. The van der Waals surface area contributed by atoms with Crippen LogP contribution in [0.4, 0.5) is 0 Å². The van der Waals surface area contributed by atoms with Gasteiger partial charge >= 0.3 is 0 Å². The van der Waals surface area contributed by atoms with Crippen LogP contribution >= 0.6 is 0 Å². The Bertz CT molecular complexity index is 1220. The quantitative estimate of drug-likeness (QED) is 0.531. The normalized spacial score (nSPS) is 16.3. The molecule has 0 atom stereocenters. The molecule has 1 saturated carbocycles. The third kappa shape index (κ3) is 4.96. The van der Waals surface area contributed by atoms with Crippen molar-refractivity contribution in [1.29, 1.82) is 0 Å². The minimum absolute atomic E-state index is 0.0859. The topological polar surface area (TPSA) is 63.6 Å². The largest absolute Gasteiger partial charge is 0.494 e. The van der Waals surface area contributed by atoms with Gasteiger partial charge in [0, 0.05) is 24.3 Å². The number of fused-ring (bicyclic) bond motifs is 1. The smallest absolute Gasteiger partial charge is 0.263 e. The minimum Gasteiger partial charge on any atom is -0.494 e. The van der Waals surface area contributed by atoms with Crippen LogP contribution in [-0.4, -0.2) is 47.7 Å². The van der Waals surface area contributed by atoms with E-state index < -0.39 is 0 Å². The number of rotatable bonds is 8. The zero-order chi connectivity index (χ0) is 22.8. The lowest BCUT2D eigenvalue weighted by atomic mass is 10.1. The van der Waals surface area contributed by atoms with Gasteiger partial charge in [-0.2, -0.15) is 0 Å². The lowest BCUT2D eigenvalue weighted by Gasteiger charge is -2.15. The number of likely N-dealkylation sites (tertiary alicyclic amines) is 1. The van der Waals surface area contributed by atoms with Gasteiger partial charge in [0.15, 0.2) is 0 Å². The van der Waals surface area contributed by atoms with Gasteiger partial charge in [-0.05, 0) is 93.4 Å². The van der Waals surface area contributed by atoms with Crippen LogP contribution in [0.3, 0.4) is 0 Å². The minimum atomic E-state index is -0.113. The highest BCUT2D eigenvalue weighted by atomic mass is 16.5. The highest BCUT2D eigenvalue weighted by Crippen LogP contribution is 2.23. The number of carbonyl (C=O) groups is 1. The molecule has 6 nitrogen and oxygen atoms in total. The second-order valence-corrected chi connectivity index (χ2v) is 9.24. The first-order chi connectivity index (χ1) is 16.1. The van der Waals surface area contributed by atoms with Gasteiger partial charge in [-0.3, -0.25) is 14.2 Å². The molecule has 1 aliphatic carbocycles. The maximum absolute atomic E-state index is 13.4. The molecule has 2 aromatic carbocycles. The van der Waals surface area contributed by atoms with Gasteiger partial charge < -0.3 is 15.0 Å². The lowest BCUT2D eigenvalue weighted by molar-refractivity contribution is 0.0951. The summed E-state index contributed by atoms with van der Waals surface area (Å²) in [6, 6.07) is 13.4. The van der Waals surface area contributed by atoms with E-state index in [2.05, 4.69) is 10.2 Å². The Hall–Kier alpha value is -3.12.